The third-order valence-corrected chi connectivity index (χ3v) is 4.85. The number of methoxy groups -OCH3 is 1. The summed E-state index contributed by atoms with van der Waals surface area (Å²) in [7, 11) is 1.36. The van der Waals surface area contributed by atoms with Gasteiger partial charge in [-0.05, 0) is 30.4 Å². The average molecular weight is 311 g/mol. The number of hydrogen-bond acceptors (Lipinski definition) is 4. The third-order valence-electron chi connectivity index (χ3n) is 4.55. The highest BCUT2D eigenvalue weighted by molar-refractivity contribution is 6.34. The van der Waals surface area contributed by atoms with Crippen molar-refractivity contribution in [3.05, 3.63) is 22.7 Å². The molecular weight excluding hydrogens is 288 g/mol. The summed E-state index contributed by atoms with van der Waals surface area (Å²) in [6.45, 7) is 4.51. The van der Waals surface area contributed by atoms with E-state index in [2.05, 4.69) is 19.2 Å². The number of nitrogen functional groups attached to an aromatic ring is 1. The Morgan fingerprint density at radius 1 is 1.38 bits per heavy atom. The molecule has 1 saturated carbocycles. The number of esters is 1. The molecule has 0 aromatic heterocycles. The van der Waals surface area contributed by atoms with Gasteiger partial charge in [0.15, 0.2) is 0 Å². The standard InChI is InChI=1S/C16H23ClN2O2/c1-9-5-4-6-14(10(9)2)19-15-12(16(20)21-3)7-11(18)8-13(15)17/h7-10,14,19H,4-6,18H2,1-3H3. The van der Waals surface area contributed by atoms with Crippen molar-refractivity contribution in [1.82, 2.24) is 0 Å². The van der Waals surface area contributed by atoms with E-state index in [4.69, 9.17) is 22.1 Å². The van der Waals surface area contributed by atoms with Crippen molar-refractivity contribution in [2.24, 2.45) is 11.8 Å². The van der Waals surface area contributed by atoms with Gasteiger partial charge in [0.25, 0.3) is 0 Å². The summed E-state index contributed by atoms with van der Waals surface area (Å²) in [5.41, 5.74) is 7.26. The molecular formula is C16H23ClN2O2. The van der Waals surface area contributed by atoms with E-state index < -0.39 is 5.97 Å². The second kappa shape index (κ2) is 6.56. The maximum atomic E-state index is 11.9. The van der Waals surface area contributed by atoms with E-state index in [-0.39, 0.29) is 0 Å². The van der Waals surface area contributed by atoms with Crippen molar-refractivity contribution < 1.29 is 9.53 Å². The Labute approximate surface area is 131 Å². The van der Waals surface area contributed by atoms with Gasteiger partial charge in [-0.3, -0.25) is 0 Å². The number of benzene rings is 1. The van der Waals surface area contributed by atoms with Gasteiger partial charge in [0.1, 0.15) is 0 Å². The van der Waals surface area contributed by atoms with E-state index in [0.29, 0.717) is 39.8 Å². The van der Waals surface area contributed by atoms with Gasteiger partial charge >= 0.3 is 5.97 Å². The lowest BCUT2D eigenvalue weighted by Crippen LogP contribution is -2.35. The fraction of sp³-hybridized carbons (Fsp3) is 0.562. The lowest BCUT2D eigenvalue weighted by atomic mass is 9.78. The average Bonchev–Trinajstić information content (AvgIpc) is 2.45. The maximum Gasteiger partial charge on any atom is 0.340 e. The molecule has 0 saturated heterocycles. The smallest absolute Gasteiger partial charge is 0.340 e. The minimum absolute atomic E-state index is 0.304. The minimum Gasteiger partial charge on any atom is -0.465 e. The van der Waals surface area contributed by atoms with Crippen LogP contribution in [0.5, 0.6) is 0 Å². The summed E-state index contributed by atoms with van der Waals surface area (Å²) in [5.74, 6) is 0.756. The molecule has 5 heteroatoms. The number of carbonyl (C=O) groups is 1. The molecule has 1 fully saturated rings. The van der Waals surface area contributed by atoms with Crippen LogP contribution < -0.4 is 11.1 Å². The minimum atomic E-state index is -0.428. The molecule has 3 N–H and O–H groups in total. The number of carbonyl (C=O) groups excluding carboxylic acids is 1. The monoisotopic (exact) mass is 310 g/mol. The number of nitrogens with two attached hydrogens (primary N) is 1. The highest BCUT2D eigenvalue weighted by Gasteiger charge is 2.28. The van der Waals surface area contributed by atoms with Gasteiger partial charge < -0.3 is 15.8 Å². The second-order valence-corrected chi connectivity index (χ2v) is 6.34. The zero-order valence-electron chi connectivity index (χ0n) is 12.8. The lowest BCUT2D eigenvalue weighted by molar-refractivity contribution is 0.0601. The predicted molar refractivity (Wildman–Crippen MR) is 86.8 cm³/mol. The number of anilines is 2. The van der Waals surface area contributed by atoms with E-state index in [0.717, 1.165) is 6.42 Å². The van der Waals surface area contributed by atoms with Crippen LogP contribution in [-0.4, -0.2) is 19.1 Å². The summed E-state index contributed by atoms with van der Waals surface area (Å²) in [5, 5.41) is 3.91. The summed E-state index contributed by atoms with van der Waals surface area (Å²) in [6.07, 6.45) is 3.51. The molecule has 0 spiro atoms. The first kappa shape index (κ1) is 16.0. The van der Waals surface area contributed by atoms with Crippen LogP contribution in [0.1, 0.15) is 43.5 Å². The highest BCUT2D eigenvalue weighted by Crippen LogP contribution is 2.36. The molecule has 116 valence electrons. The van der Waals surface area contributed by atoms with E-state index in [1.54, 1.807) is 12.1 Å². The van der Waals surface area contributed by atoms with Crippen LogP contribution >= 0.6 is 11.6 Å². The van der Waals surface area contributed by atoms with Gasteiger partial charge in [-0.25, -0.2) is 4.79 Å². The summed E-state index contributed by atoms with van der Waals surface area (Å²) in [4.78, 5) is 11.9. The predicted octanol–water partition coefficient (Wildman–Crippen LogP) is 3.95. The highest BCUT2D eigenvalue weighted by atomic mass is 35.5. The molecule has 4 nitrogen and oxygen atoms in total. The van der Waals surface area contributed by atoms with Crippen LogP contribution in [0.4, 0.5) is 11.4 Å². The van der Waals surface area contributed by atoms with Gasteiger partial charge in [0.2, 0.25) is 0 Å². The normalized spacial score (nSPS) is 25.4. The van der Waals surface area contributed by atoms with E-state index in [1.165, 1.54) is 20.0 Å². The quantitative estimate of drug-likeness (QED) is 0.655. The Bertz CT molecular complexity index is 533. The lowest BCUT2D eigenvalue weighted by Gasteiger charge is -2.35. The van der Waals surface area contributed by atoms with Gasteiger partial charge in [-0.15, -0.1) is 0 Å². The van der Waals surface area contributed by atoms with Crippen molar-refractivity contribution in [1.29, 1.82) is 0 Å². The molecule has 0 amide bonds. The molecule has 2 rings (SSSR count). The number of halogens is 1. The van der Waals surface area contributed by atoms with Crippen LogP contribution in [-0.2, 0) is 4.74 Å². The van der Waals surface area contributed by atoms with Gasteiger partial charge in [-0.1, -0.05) is 38.3 Å². The van der Waals surface area contributed by atoms with Gasteiger partial charge in [0.05, 0.1) is 23.4 Å². The molecule has 1 aromatic rings. The Balaban J connectivity index is 2.32. The number of ether oxygens (including phenoxy) is 1. The molecule has 1 aromatic carbocycles. The van der Waals surface area contributed by atoms with Crippen molar-refractivity contribution in [2.75, 3.05) is 18.2 Å². The summed E-state index contributed by atoms with van der Waals surface area (Å²) >= 11 is 6.29. The molecule has 0 radical (unpaired) electrons. The molecule has 0 aliphatic heterocycles. The van der Waals surface area contributed by atoms with Crippen LogP contribution in [0.2, 0.25) is 5.02 Å². The fourth-order valence-electron chi connectivity index (χ4n) is 3.02. The third kappa shape index (κ3) is 3.43. The second-order valence-electron chi connectivity index (χ2n) is 5.94. The Hall–Kier alpha value is -1.42. The van der Waals surface area contributed by atoms with E-state index in [1.807, 2.05) is 0 Å². The van der Waals surface area contributed by atoms with Crippen LogP contribution in [0.3, 0.4) is 0 Å². The fourth-order valence-corrected chi connectivity index (χ4v) is 3.30. The summed E-state index contributed by atoms with van der Waals surface area (Å²) < 4.78 is 4.83. The number of rotatable bonds is 3. The largest absolute Gasteiger partial charge is 0.465 e. The van der Waals surface area contributed by atoms with Crippen LogP contribution in [0, 0.1) is 11.8 Å². The van der Waals surface area contributed by atoms with E-state index >= 15 is 0 Å². The zero-order valence-corrected chi connectivity index (χ0v) is 13.5. The SMILES string of the molecule is COC(=O)c1cc(N)cc(Cl)c1NC1CCCC(C)C1C. The first-order valence-electron chi connectivity index (χ1n) is 7.38. The zero-order chi connectivity index (χ0) is 15.6. The molecule has 21 heavy (non-hydrogen) atoms. The molecule has 0 bridgehead atoms. The van der Waals surface area contributed by atoms with Crippen molar-refractivity contribution in [3.8, 4) is 0 Å². The van der Waals surface area contributed by atoms with Crippen molar-refractivity contribution >= 4 is 28.9 Å². The van der Waals surface area contributed by atoms with Crippen molar-refractivity contribution in [3.63, 3.8) is 0 Å². The van der Waals surface area contributed by atoms with Crippen molar-refractivity contribution in [2.45, 2.75) is 39.2 Å². The Kier molecular flexibility index (Phi) is 4.99. The molecule has 1 aliphatic rings. The molecule has 1 aliphatic carbocycles. The molecule has 0 heterocycles. The number of hydrogen-bond donors (Lipinski definition) is 2. The van der Waals surface area contributed by atoms with Gasteiger partial charge in [0, 0.05) is 11.7 Å². The Morgan fingerprint density at radius 2 is 2.10 bits per heavy atom. The Morgan fingerprint density at radius 3 is 2.76 bits per heavy atom. The van der Waals surface area contributed by atoms with Gasteiger partial charge in [-0.2, -0.15) is 0 Å². The van der Waals surface area contributed by atoms with Crippen LogP contribution in [0.25, 0.3) is 0 Å². The first-order chi connectivity index (χ1) is 9.93. The summed E-state index contributed by atoms with van der Waals surface area (Å²) in [6, 6.07) is 3.57. The molecule has 3 atom stereocenters. The number of nitrogens with one attached hydrogen (secondary N) is 1. The van der Waals surface area contributed by atoms with Crippen LogP contribution in [0.15, 0.2) is 12.1 Å². The maximum absolute atomic E-state index is 11.9. The first-order valence-corrected chi connectivity index (χ1v) is 7.75. The molecule has 3 unspecified atom stereocenters. The topological polar surface area (TPSA) is 64.3 Å². The van der Waals surface area contributed by atoms with E-state index in [9.17, 15) is 4.79 Å².